The molecular formula is C18H37NO. The molecule has 1 unspecified atom stereocenters. The maximum absolute atomic E-state index is 12.1. The van der Waals surface area contributed by atoms with Crippen molar-refractivity contribution in [3.63, 3.8) is 0 Å². The van der Waals surface area contributed by atoms with Crippen LogP contribution >= 0.6 is 0 Å². The number of amides is 1. The molecule has 0 rings (SSSR count). The van der Waals surface area contributed by atoms with Crippen molar-refractivity contribution in [2.75, 3.05) is 0 Å². The van der Waals surface area contributed by atoms with Crippen LogP contribution in [-0.2, 0) is 4.79 Å². The van der Waals surface area contributed by atoms with Gasteiger partial charge in [-0.1, -0.05) is 72.6 Å². The van der Waals surface area contributed by atoms with Gasteiger partial charge in [0.05, 0.1) is 0 Å². The lowest BCUT2D eigenvalue weighted by Crippen LogP contribution is -2.46. The molecule has 0 saturated carbocycles. The van der Waals surface area contributed by atoms with Crippen molar-refractivity contribution in [1.29, 1.82) is 0 Å². The van der Waals surface area contributed by atoms with Gasteiger partial charge in [0.1, 0.15) is 0 Å². The van der Waals surface area contributed by atoms with Gasteiger partial charge < -0.3 is 5.32 Å². The van der Waals surface area contributed by atoms with Crippen LogP contribution in [0.25, 0.3) is 0 Å². The molecule has 0 aromatic heterocycles. The molecule has 0 aliphatic rings. The van der Waals surface area contributed by atoms with Crippen LogP contribution in [0, 0.1) is 5.92 Å². The third-order valence-electron chi connectivity index (χ3n) is 3.95. The molecule has 0 aliphatic heterocycles. The van der Waals surface area contributed by atoms with E-state index in [0.29, 0.717) is 12.3 Å². The van der Waals surface area contributed by atoms with Gasteiger partial charge >= 0.3 is 0 Å². The number of rotatable bonds is 12. The average Bonchev–Trinajstić information content (AvgIpc) is 2.35. The molecule has 1 amide bonds. The molecule has 0 saturated heterocycles. The van der Waals surface area contributed by atoms with E-state index in [1.807, 2.05) is 0 Å². The molecule has 0 spiro atoms. The smallest absolute Gasteiger partial charge is 0.220 e. The second-order valence-electron chi connectivity index (χ2n) is 6.97. The van der Waals surface area contributed by atoms with E-state index in [4.69, 9.17) is 0 Å². The molecule has 2 heteroatoms. The topological polar surface area (TPSA) is 29.1 Å². The molecule has 2 nitrogen and oxygen atoms in total. The molecule has 1 N–H and O–H groups in total. The summed E-state index contributed by atoms with van der Waals surface area (Å²) in [6, 6.07) is 0. The normalized spacial score (nSPS) is 14.3. The van der Waals surface area contributed by atoms with Crippen molar-refractivity contribution in [2.24, 2.45) is 5.92 Å². The van der Waals surface area contributed by atoms with Crippen LogP contribution in [0.4, 0.5) is 0 Å². The Kier molecular flexibility index (Phi) is 10.9. The minimum atomic E-state index is 0.00813. The predicted molar refractivity (Wildman–Crippen MR) is 88.9 cm³/mol. The fraction of sp³-hybridized carbons (Fsp3) is 0.944. The predicted octanol–water partition coefficient (Wildman–Crippen LogP) is 5.46. The summed E-state index contributed by atoms with van der Waals surface area (Å²) in [5.74, 6) is 0.669. The largest absolute Gasteiger partial charge is 0.351 e. The van der Waals surface area contributed by atoms with Crippen molar-refractivity contribution < 1.29 is 4.79 Å². The minimum Gasteiger partial charge on any atom is -0.351 e. The van der Waals surface area contributed by atoms with E-state index >= 15 is 0 Å². The zero-order valence-electron chi connectivity index (χ0n) is 14.6. The first-order valence-electron chi connectivity index (χ1n) is 8.74. The summed E-state index contributed by atoms with van der Waals surface area (Å²) in [4.78, 5) is 12.1. The van der Waals surface area contributed by atoms with E-state index in [-0.39, 0.29) is 11.4 Å². The summed E-state index contributed by atoms with van der Waals surface area (Å²) in [6.45, 7) is 10.9. The third kappa shape index (κ3) is 10.3. The van der Waals surface area contributed by atoms with Gasteiger partial charge in [-0.3, -0.25) is 4.79 Å². The Morgan fingerprint density at radius 2 is 1.50 bits per heavy atom. The highest BCUT2D eigenvalue weighted by Gasteiger charge is 2.25. The van der Waals surface area contributed by atoms with Gasteiger partial charge in [-0.2, -0.15) is 0 Å². The van der Waals surface area contributed by atoms with Gasteiger partial charge in [0.2, 0.25) is 5.91 Å². The highest BCUT2D eigenvalue weighted by Crippen LogP contribution is 2.22. The third-order valence-corrected chi connectivity index (χ3v) is 3.95. The maximum atomic E-state index is 12.1. The summed E-state index contributed by atoms with van der Waals surface area (Å²) in [5, 5.41) is 3.31. The van der Waals surface area contributed by atoms with Crippen molar-refractivity contribution in [1.82, 2.24) is 5.32 Å². The van der Waals surface area contributed by atoms with Crippen LogP contribution in [0.5, 0.6) is 0 Å². The van der Waals surface area contributed by atoms with Gasteiger partial charge in [0.15, 0.2) is 0 Å². The Morgan fingerprint density at radius 3 is 2.05 bits per heavy atom. The van der Waals surface area contributed by atoms with Gasteiger partial charge in [0.25, 0.3) is 0 Å². The van der Waals surface area contributed by atoms with Crippen LogP contribution < -0.4 is 5.32 Å². The summed E-state index contributed by atoms with van der Waals surface area (Å²) in [7, 11) is 0. The Labute approximate surface area is 127 Å². The first-order chi connectivity index (χ1) is 9.43. The highest BCUT2D eigenvalue weighted by atomic mass is 16.1. The number of unbranched alkanes of at least 4 members (excludes halogenated alkanes) is 5. The van der Waals surface area contributed by atoms with Crippen molar-refractivity contribution in [3.05, 3.63) is 0 Å². The molecule has 20 heavy (non-hydrogen) atoms. The second kappa shape index (κ2) is 11.2. The Morgan fingerprint density at radius 1 is 0.950 bits per heavy atom. The summed E-state index contributed by atoms with van der Waals surface area (Å²) >= 11 is 0. The SMILES string of the molecule is CCCCCCCC(C)(CCCC)NC(=O)CC(C)C. The monoisotopic (exact) mass is 283 g/mol. The van der Waals surface area contributed by atoms with Crippen LogP contribution in [0.15, 0.2) is 0 Å². The van der Waals surface area contributed by atoms with E-state index in [1.165, 1.54) is 44.9 Å². The molecule has 0 radical (unpaired) electrons. The Balaban J connectivity index is 4.23. The summed E-state index contributed by atoms with van der Waals surface area (Å²) in [6.07, 6.45) is 11.8. The molecule has 0 fully saturated rings. The average molecular weight is 284 g/mol. The molecule has 1 atom stereocenters. The standard InChI is InChI=1S/C18H37NO/c1-6-8-10-11-12-14-18(5,13-9-7-2)19-17(20)15-16(3)4/h16H,6-15H2,1-5H3,(H,19,20). The zero-order valence-corrected chi connectivity index (χ0v) is 14.6. The van der Waals surface area contributed by atoms with Gasteiger partial charge in [-0.05, 0) is 25.7 Å². The van der Waals surface area contributed by atoms with Crippen molar-refractivity contribution in [2.45, 2.75) is 104 Å². The first kappa shape index (κ1) is 19.5. The van der Waals surface area contributed by atoms with E-state index < -0.39 is 0 Å². The van der Waals surface area contributed by atoms with Crippen LogP contribution in [-0.4, -0.2) is 11.4 Å². The summed E-state index contributed by atoms with van der Waals surface area (Å²) < 4.78 is 0. The molecule has 0 aromatic carbocycles. The number of hydrogen-bond donors (Lipinski definition) is 1. The number of carbonyl (C=O) groups is 1. The molecular weight excluding hydrogens is 246 g/mol. The van der Waals surface area contributed by atoms with Gasteiger partial charge in [-0.25, -0.2) is 0 Å². The van der Waals surface area contributed by atoms with E-state index in [2.05, 4.69) is 39.9 Å². The number of hydrogen-bond acceptors (Lipinski definition) is 1. The Bertz CT molecular complexity index is 250. The van der Waals surface area contributed by atoms with Crippen molar-refractivity contribution in [3.8, 4) is 0 Å². The maximum Gasteiger partial charge on any atom is 0.220 e. The fourth-order valence-corrected chi connectivity index (χ4v) is 2.69. The van der Waals surface area contributed by atoms with E-state index in [9.17, 15) is 4.79 Å². The Hall–Kier alpha value is -0.530. The van der Waals surface area contributed by atoms with Gasteiger partial charge in [0, 0.05) is 12.0 Å². The second-order valence-corrected chi connectivity index (χ2v) is 6.97. The lowest BCUT2D eigenvalue weighted by molar-refractivity contribution is -0.123. The number of nitrogens with one attached hydrogen (secondary N) is 1. The van der Waals surface area contributed by atoms with Gasteiger partial charge in [-0.15, -0.1) is 0 Å². The first-order valence-corrected chi connectivity index (χ1v) is 8.74. The number of carbonyl (C=O) groups excluding carboxylic acids is 1. The van der Waals surface area contributed by atoms with Crippen LogP contribution in [0.2, 0.25) is 0 Å². The van der Waals surface area contributed by atoms with Crippen molar-refractivity contribution >= 4 is 5.91 Å². The van der Waals surface area contributed by atoms with E-state index in [0.717, 1.165) is 12.8 Å². The molecule has 0 bridgehead atoms. The molecule has 0 aliphatic carbocycles. The minimum absolute atomic E-state index is 0.00813. The van der Waals surface area contributed by atoms with Crippen LogP contribution in [0.3, 0.4) is 0 Å². The lowest BCUT2D eigenvalue weighted by Gasteiger charge is -2.31. The summed E-state index contributed by atoms with van der Waals surface area (Å²) in [5.41, 5.74) is 0.00813. The highest BCUT2D eigenvalue weighted by molar-refractivity contribution is 5.76. The zero-order chi connectivity index (χ0) is 15.4. The van der Waals surface area contributed by atoms with Crippen LogP contribution in [0.1, 0.15) is 98.8 Å². The molecule has 0 aromatic rings. The van der Waals surface area contributed by atoms with E-state index in [1.54, 1.807) is 0 Å². The molecule has 120 valence electrons. The lowest BCUT2D eigenvalue weighted by atomic mass is 9.88. The molecule has 0 heterocycles. The quantitative estimate of drug-likeness (QED) is 0.473. The fourth-order valence-electron chi connectivity index (χ4n) is 2.69.